The quantitative estimate of drug-likeness (QED) is 0.877. The number of carboxylic acids is 1. The summed E-state index contributed by atoms with van der Waals surface area (Å²) >= 11 is 6.15. The van der Waals surface area contributed by atoms with E-state index in [-0.39, 0.29) is 18.6 Å². The normalized spacial score (nSPS) is 11.8. The van der Waals surface area contributed by atoms with Crippen LogP contribution in [0.2, 0.25) is 5.02 Å². The molecule has 116 valence electrons. The minimum absolute atomic E-state index is 0.237. The van der Waals surface area contributed by atoms with Crippen molar-refractivity contribution >= 4 is 23.6 Å². The van der Waals surface area contributed by atoms with Crippen LogP contribution in [0.5, 0.6) is 0 Å². The van der Waals surface area contributed by atoms with Crippen LogP contribution in [0.15, 0.2) is 24.3 Å². The number of hydrogen-bond donors (Lipinski definition) is 1. The molecule has 0 aliphatic heterocycles. The van der Waals surface area contributed by atoms with E-state index >= 15 is 0 Å². The molecule has 6 heteroatoms. The fourth-order valence-corrected chi connectivity index (χ4v) is 2.38. The van der Waals surface area contributed by atoms with Gasteiger partial charge in [0.05, 0.1) is 6.04 Å². The van der Waals surface area contributed by atoms with Crippen molar-refractivity contribution in [3.63, 3.8) is 0 Å². The van der Waals surface area contributed by atoms with Crippen molar-refractivity contribution in [3.8, 4) is 0 Å². The highest BCUT2D eigenvalue weighted by Crippen LogP contribution is 2.26. The highest BCUT2D eigenvalue weighted by molar-refractivity contribution is 6.31. The molecule has 1 rings (SSSR count). The number of amides is 2. The van der Waals surface area contributed by atoms with E-state index in [1.54, 1.807) is 13.1 Å². The molecule has 0 bridgehead atoms. The van der Waals surface area contributed by atoms with Crippen LogP contribution in [0.25, 0.3) is 0 Å². The molecule has 0 saturated carbocycles. The molecule has 0 aromatic heterocycles. The number of aliphatic carboxylic acids is 1. The molecule has 0 radical (unpaired) electrons. The largest absolute Gasteiger partial charge is 0.480 e. The Hall–Kier alpha value is -1.75. The Balaban J connectivity index is 2.89. The summed E-state index contributed by atoms with van der Waals surface area (Å²) < 4.78 is 0. The van der Waals surface area contributed by atoms with Crippen LogP contribution >= 0.6 is 11.6 Å². The van der Waals surface area contributed by atoms with Crippen molar-refractivity contribution in [3.05, 3.63) is 34.9 Å². The third-order valence-electron chi connectivity index (χ3n) is 3.33. The molecule has 1 unspecified atom stereocenters. The lowest BCUT2D eigenvalue weighted by Crippen LogP contribution is -2.44. The van der Waals surface area contributed by atoms with Crippen LogP contribution in [0.3, 0.4) is 0 Å². The molecule has 2 amide bonds. The zero-order valence-corrected chi connectivity index (χ0v) is 13.3. The van der Waals surface area contributed by atoms with E-state index in [0.29, 0.717) is 18.0 Å². The third-order valence-corrected chi connectivity index (χ3v) is 3.67. The zero-order chi connectivity index (χ0) is 16.0. The predicted molar refractivity (Wildman–Crippen MR) is 82.5 cm³/mol. The summed E-state index contributed by atoms with van der Waals surface area (Å²) in [6, 6.07) is 6.77. The summed E-state index contributed by atoms with van der Waals surface area (Å²) in [4.78, 5) is 26.2. The molecular weight excluding hydrogens is 292 g/mol. The number of carboxylic acid groups (broad SMARTS) is 1. The number of benzene rings is 1. The summed E-state index contributed by atoms with van der Waals surface area (Å²) in [6.07, 6.45) is 0.702. The van der Waals surface area contributed by atoms with Gasteiger partial charge in [-0.15, -0.1) is 0 Å². The van der Waals surface area contributed by atoms with Crippen LogP contribution in [0, 0.1) is 0 Å². The number of urea groups is 1. The lowest BCUT2D eigenvalue weighted by molar-refractivity contribution is -0.137. The molecule has 1 atom stereocenters. The average molecular weight is 313 g/mol. The molecule has 1 N–H and O–H groups in total. The summed E-state index contributed by atoms with van der Waals surface area (Å²) in [5.41, 5.74) is 0.835. The minimum atomic E-state index is -1.02. The topological polar surface area (TPSA) is 60.9 Å². The first-order valence-electron chi connectivity index (χ1n) is 6.86. The number of carbonyl (C=O) groups is 2. The Morgan fingerprint density at radius 1 is 1.33 bits per heavy atom. The first kappa shape index (κ1) is 17.3. The lowest BCUT2D eigenvalue weighted by atomic mass is 10.1. The number of carbonyl (C=O) groups excluding carboxylic acids is 1. The minimum Gasteiger partial charge on any atom is -0.480 e. The molecule has 0 saturated heterocycles. The van der Waals surface area contributed by atoms with Gasteiger partial charge in [0.1, 0.15) is 6.54 Å². The van der Waals surface area contributed by atoms with Crippen LogP contribution in [-0.2, 0) is 4.79 Å². The summed E-state index contributed by atoms with van der Waals surface area (Å²) in [5.74, 6) is -1.02. The van der Waals surface area contributed by atoms with Crippen molar-refractivity contribution in [2.24, 2.45) is 0 Å². The van der Waals surface area contributed by atoms with E-state index in [1.807, 2.05) is 32.0 Å². The van der Waals surface area contributed by atoms with Gasteiger partial charge in [0, 0.05) is 18.6 Å². The number of halogens is 1. The van der Waals surface area contributed by atoms with Gasteiger partial charge in [0.15, 0.2) is 0 Å². The van der Waals surface area contributed by atoms with E-state index in [0.717, 1.165) is 5.56 Å². The molecule has 1 aromatic rings. The standard InChI is InChI=1S/C15H21ClN2O3/c1-4-9-18(10-14(19)20)15(21)17(3)11(2)12-7-5-6-8-13(12)16/h5-8,11H,4,9-10H2,1-3H3,(H,19,20). The smallest absolute Gasteiger partial charge is 0.323 e. The maximum atomic E-state index is 12.4. The molecule has 0 fully saturated rings. The van der Waals surface area contributed by atoms with Crippen LogP contribution in [0.1, 0.15) is 31.9 Å². The fourth-order valence-electron chi connectivity index (χ4n) is 2.09. The average Bonchev–Trinajstić information content (AvgIpc) is 2.44. The molecule has 21 heavy (non-hydrogen) atoms. The van der Waals surface area contributed by atoms with Gasteiger partial charge < -0.3 is 14.9 Å². The Labute approximate surface area is 130 Å². The Morgan fingerprint density at radius 3 is 2.48 bits per heavy atom. The lowest BCUT2D eigenvalue weighted by Gasteiger charge is -2.31. The second-order valence-electron chi connectivity index (χ2n) is 4.91. The summed E-state index contributed by atoms with van der Waals surface area (Å²) in [6.45, 7) is 3.88. The monoisotopic (exact) mass is 312 g/mol. The number of nitrogens with zero attached hydrogens (tertiary/aromatic N) is 2. The van der Waals surface area contributed by atoms with E-state index in [1.165, 1.54) is 9.80 Å². The second kappa shape index (κ2) is 7.88. The SMILES string of the molecule is CCCN(CC(=O)O)C(=O)N(C)C(C)c1ccccc1Cl. The number of rotatable bonds is 6. The van der Waals surface area contributed by atoms with Crippen molar-refractivity contribution < 1.29 is 14.7 Å². The predicted octanol–water partition coefficient (Wildman–Crippen LogP) is 3.25. The van der Waals surface area contributed by atoms with Crippen molar-refractivity contribution in [2.75, 3.05) is 20.1 Å². The number of hydrogen-bond acceptors (Lipinski definition) is 2. The van der Waals surface area contributed by atoms with Gasteiger partial charge in [0.25, 0.3) is 0 Å². The van der Waals surface area contributed by atoms with Crippen LogP contribution in [0.4, 0.5) is 4.79 Å². The van der Waals surface area contributed by atoms with Gasteiger partial charge in [-0.3, -0.25) is 4.79 Å². The third kappa shape index (κ3) is 4.63. The second-order valence-corrected chi connectivity index (χ2v) is 5.31. The summed E-state index contributed by atoms with van der Waals surface area (Å²) in [7, 11) is 1.65. The molecular formula is C15H21ClN2O3. The summed E-state index contributed by atoms with van der Waals surface area (Å²) in [5, 5.41) is 9.50. The van der Waals surface area contributed by atoms with Gasteiger partial charge in [-0.1, -0.05) is 36.7 Å². The molecule has 5 nitrogen and oxygen atoms in total. The van der Waals surface area contributed by atoms with Gasteiger partial charge in [-0.05, 0) is 25.0 Å². The Morgan fingerprint density at radius 2 is 1.95 bits per heavy atom. The molecule has 1 aromatic carbocycles. The Kier molecular flexibility index (Phi) is 6.49. The van der Waals surface area contributed by atoms with E-state index in [9.17, 15) is 9.59 Å². The Bertz CT molecular complexity index is 507. The highest BCUT2D eigenvalue weighted by atomic mass is 35.5. The van der Waals surface area contributed by atoms with Gasteiger partial charge in [-0.25, -0.2) is 4.79 Å². The maximum absolute atomic E-state index is 12.4. The zero-order valence-electron chi connectivity index (χ0n) is 12.5. The molecule has 0 aliphatic carbocycles. The van der Waals surface area contributed by atoms with E-state index < -0.39 is 5.97 Å². The fraction of sp³-hybridized carbons (Fsp3) is 0.467. The maximum Gasteiger partial charge on any atom is 0.323 e. The first-order chi connectivity index (χ1) is 9.88. The van der Waals surface area contributed by atoms with Crippen LogP contribution < -0.4 is 0 Å². The van der Waals surface area contributed by atoms with E-state index in [4.69, 9.17) is 16.7 Å². The van der Waals surface area contributed by atoms with Gasteiger partial charge >= 0.3 is 12.0 Å². The van der Waals surface area contributed by atoms with Crippen LogP contribution in [-0.4, -0.2) is 47.0 Å². The van der Waals surface area contributed by atoms with Gasteiger partial charge in [0.2, 0.25) is 0 Å². The van der Waals surface area contributed by atoms with Crippen molar-refractivity contribution in [1.29, 1.82) is 0 Å². The molecule has 0 heterocycles. The van der Waals surface area contributed by atoms with E-state index in [2.05, 4.69) is 0 Å². The first-order valence-corrected chi connectivity index (χ1v) is 7.24. The molecule has 0 spiro atoms. The van der Waals surface area contributed by atoms with Crippen molar-refractivity contribution in [1.82, 2.24) is 9.80 Å². The highest BCUT2D eigenvalue weighted by Gasteiger charge is 2.24. The van der Waals surface area contributed by atoms with Crippen molar-refractivity contribution in [2.45, 2.75) is 26.3 Å². The van der Waals surface area contributed by atoms with Gasteiger partial charge in [-0.2, -0.15) is 0 Å². The molecule has 0 aliphatic rings.